The van der Waals surface area contributed by atoms with Crippen molar-refractivity contribution in [2.75, 3.05) is 13.2 Å². The molecular formula is C17H19NO5. The van der Waals surface area contributed by atoms with Crippen molar-refractivity contribution >= 4 is 17.8 Å². The van der Waals surface area contributed by atoms with Crippen LogP contribution < -0.4 is 5.32 Å². The van der Waals surface area contributed by atoms with Gasteiger partial charge in [-0.1, -0.05) is 30.3 Å². The number of esters is 2. The number of hydrogen-bond donors (Lipinski definition) is 1. The summed E-state index contributed by atoms with van der Waals surface area (Å²) in [5.74, 6) is -2.23. The number of rotatable bonds is 5. The van der Waals surface area contributed by atoms with E-state index >= 15 is 0 Å². The predicted octanol–water partition coefficient (Wildman–Crippen LogP) is 1.67. The zero-order valence-electron chi connectivity index (χ0n) is 13.1. The third-order valence-corrected chi connectivity index (χ3v) is 3.48. The molecular weight excluding hydrogens is 298 g/mol. The van der Waals surface area contributed by atoms with Crippen LogP contribution in [0.15, 0.2) is 41.6 Å². The smallest absolute Gasteiger partial charge is 0.355 e. The summed E-state index contributed by atoms with van der Waals surface area (Å²) >= 11 is 0. The molecule has 23 heavy (non-hydrogen) atoms. The van der Waals surface area contributed by atoms with Crippen LogP contribution in [-0.2, 0) is 23.9 Å². The van der Waals surface area contributed by atoms with E-state index in [0.29, 0.717) is 0 Å². The van der Waals surface area contributed by atoms with E-state index < -0.39 is 17.9 Å². The molecule has 1 aromatic rings. The molecule has 1 aliphatic rings. The molecule has 1 unspecified atom stereocenters. The molecule has 0 radical (unpaired) electrons. The first-order valence-electron chi connectivity index (χ1n) is 7.51. The first kappa shape index (κ1) is 16.7. The second kappa shape index (κ2) is 7.58. The van der Waals surface area contributed by atoms with Gasteiger partial charge >= 0.3 is 11.9 Å². The van der Waals surface area contributed by atoms with Crippen LogP contribution in [0.2, 0.25) is 0 Å². The van der Waals surface area contributed by atoms with Crippen LogP contribution in [0.25, 0.3) is 0 Å². The highest BCUT2D eigenvalue weighted by Crippen LogP contribution is 2.30. The molecule has 0 saturated heterocycles. The fourth-order valence-electron chi connectivity index (χ4n) is 2.42. The highest BCUT2D eigenvalue weighted by Gasteiger charge is 2.36. The first-order chi connectivity index (χ1) is 11.1. The lowest BCUT2D eigenvalue weighted by Crippen LogP contribution is -2.40. The van der Waals surface area contributed by atoms with Crippen LogP contribution >= 0.6 is 0 Å². The zero-order valence-corrected chi connectivity index (χ0v) is 13.1. The number of carbonyl (C=O) groups excluding carboxylic acids is 3. The normalized spacial score (nSPS) is 17.5. The fraction of sp³-hybridized carbons (Fsp3) is 0.353. The fourth-order valence-corrected chi connectivity index (χ4v) is 2.42. The molecule has 1 heterocycles. The molecule has 0 aliphatic carbocycles. The molecule has 1 amide bonds. The Morgan fingerprint density at radius 3 is 2.30 bits per heavy atom. The summed E-state index contributed by atoms with van der Waals surface area (Å²) in [5, 5.41) is 2.50. The van der Waals surface area contributed by atoms with Gasteiger partial charge in [0.2, 0.25) is 5.91 Å². The third-order valence-electron chi connectivity index (χ3n) is 3.48. The molecule has 0 fully saturated rings. The van der Waals surface area contributed by atoms with Crippen molar-refractivity contribution < 1.29 is 23.9 Å². The van der Waals surface area contributed by atoms with Gasteiger partial charge in [-0.15, -0.1) is 0 Å². The highest BCUT2D eigenvalue weighted by atomic mass is 16.5. The van der Waals surface area contributed by atoms with E-state index in [-0.39, 0.29) is 36.8 Å². The van der Waals surface area contributed by atoms with Crippen LogP contribution in [0.5, 0.6) is 0 Å². The average Bonchev–Trinajstić information content (AvgIpc) is 2.55. The first-order valence-corrected chi connectivity index (χ1v) is 7.51. The molecule has 0 saturated carbocycles. The maximum absolute atomic E-state index is 12.3. The second-order valence-corrected chi connectivity index (χ2v) is 4.95. The number of carbonyl (C=O) groups is 3. The Morgan fingerprint density at radius 1 is 1.09 bits per heavy atom. The minimum absolute atomic E-state index is 0.100. The molecule has 0 spiro atoms. The Bertz CT molecular complexity index is 636. The van der Waals surface area contributed by atoms with Crippen LogP contribution in [0.3, 0.4) is 0 Å². The SMILES string of the molecule is CCOC(=O)C1=C(C(=O)OCC)NC(=O)C(c2ccccc2)C1. The number of nitrogens with one attached hydrogen (secondary N) is 1. The summed E-state index contributed by atoms with van der Waals surface area (Å²) in [6.07, 6.45) is 0.100. The van der Waals surface area contributed by atoms with Gasteiger partial charge in [0, 0.05) is 0 Å². The Labute approximate surface area is 134 Å². The van der Waals surface area contributed by atoms with E-state index in [9.17, 15) is 14.4 Å². The quantitative estimate of drug-likeness (QED) is 0.835. The standard InChI is InChI=1S/C17H19NO5/c1-3-22-16(20)13-10-12(11-8-6-5-7-9-11)15(19)18-14(13)17(21)23-4-2/h5-9,12H,3-4,10H2,1-2H3,(H,18,19). The zero-order chi connectivity index (χ0) is 16.8. The van der Waals surface area contributed by atoms with Crippen LogP contribution in [0.4, 0.5) is 0 Å². The van der Waals surface area contributed by atoms with Gasteiger partial charge in [0.25, 0.3) is 0 Å². The Morgan fingerprint density at radius 2 is 1.70 bits per heavy atom. The molecule has 2 rings (SSSR count). The van der Waals surface area contributed by atoms with Crippen molar-refractivity contribution in [3.05, 3.63) is 47.2 Å². The molecule has 1 atom stereocenters. The van der Waals surface area contributed by atoms with Gasteiger partial charge < -0.3 is 14.8 Å². The van der Waals surface area contributed by atoms with E-state index in [1.807, 2.05) is 30.3 Å². The maximum Gasteiger partial charge on any atom is 0.355 e. The van der Waals surface area contributed by atoms with E-state index in [4.69, 9.17) is 9.47 Å². The van der Waals surface area contributed by atoms with Gasteiger partial charge in [0.15, 0.2) is 0 Å². The molecule has 6 heteroatoms. The topological polar surface area (TPSA) is 81.7 Å². The molecule has 0 aromatic heterocycles. The average molecular weight is 317 g/mol. The van der Waals surface area contributed by atoms with Crippen LogP contribution in [0.1, 0.15) is 31.7 Å². The van der Waals surface area contributed by atoms with E-state index in [2.05, 4.69) is 5.32 Å². The highest BCUT2D eigenvalue weighted by molar-refractivity contribution is 6.06. The summed E-state index contributed by atoms with van der Waals surface area (Å²) in [5.41, 5.74) is 0.788. The molecule has 0 bridgehead atoms. The number of hydrogen-bond acceptors (Lipinski definition) is 5. The maximum atomic E-state index is 12.3. The Hall–Kier alpha value is -2.63. The van der Waals surface area contributed by atoms with Crippen molar-refractivity contribution in [1.29, 1.82) is 0 Å². The van der Waals surface area contributed by atoms with Gasteiger partial charge in [0.1, 0.15) is 5.70 Å². The van der Waals surface area contributed by atoms with E-state index in [1.165, 1.54) is 0 Å². The van der Waals surface area contributed by atoms with Gasteiger partial charge in [-0.25, -0.2) is 9.59 Å². The Balaban J connectivity index is 2.38. The third kappa shape index (κ3) is 3.77. The molecule has 1 N–H and O–H groups in total. The summed E-state index contributed by atoms with van der Waals surface area (Å²) in [6, 6.07) is 9.09. The minimum atomic E-state index is -0.726. The number of ether oxygens (including phenoxy) is 2. The van der Waals surface area contributed by atoms with Crippen LogP contribution in [-0.4, -0.2) is 31.1 Å². The van der Waals surface area contributed by atoms with Crippen molar-refractivity contribution in [3.63, 3.8) is 0 Å². The predicted molar refractivity (Wildman–Crippen MR) is 82.2 cm³/mol. The Kier molecular flexibility index (Phi) is 5.51. The summed E-state index contributed by atoms with van der Waals surface area (Å²) in [4.78, 5) is 36.5. The largest absolute Gasteiger partial charge is 0.463 e. The van der Waals surface area contributed by atoms with Gasteiger partial charge in [-0.05, 0) is 25.8 Å². The van der Waals surface area contributed by atoms with Crippen molar-refractivity contribution in [3.8, 4) is 0 Å². The number of benzene rings is 1. The monoisotopic (exact) mass is 317 g/mol. The lowest BCUT2D eigenvalue weighted by Gasteiger charge is -2.25. The molecule has 1 aromatic carbocycles. The second-order valence-electron chi connectivity index (χ2n) is 4.95. The summed E-state index contributed by atoms with van der Waals surface area (Å²) < 4.78 is 9.91. The van der Waals surface area contributed by atoms with E-state index in [1.54, 1.807) is 13.8 Å². The van der Waals surface area contributed by atoms with Gasteiger partial charge in [-0.2, -0.15) is 0 Å². The molecule has 122 valence electrons. The molecule has 6 nitrogen and oxygen atoms in total. The van der Waals surface area contributed by atoms with Crippen molar-refractivity contribution in [2.45, 2.75) is 26.2 Å². The lowest BCUT2D eigenvalue weighted by molar-refractivity contribution is -0.143. The van der Waals surface area contributed by atoms with Gasteiger partial charge in [-0.3, -0.25) is 4.79 Å². The van der Waals surface area contributed by atoms with Crippen LogP contribution in [0, 0.1) is 0 Å². The minimum Gasteiger partial charge on any atom is -0.463 e. The van der Waals surface area contributed by atoms with Crippen molar-refractivity contribution in [2.24, 2.45) is 0 Å². The van der Waals surface area contributed by atoms with Gasteiger partial charge in [0.05, 0.1) is 24.7 Å². The lowest BCUT2D eigenvalue weighted by atomic mass is 9.87. The molecule has 1 aliphatic heterocycles. The summed E-state index contributed by atoms with van der Waals surface area (Å²) in [7, 11) is 0. The number of amides is 1. The van der Waals surface area contributed by atoms with E-state index in [0.717, 1.165) is 5.56 Å². The summed E-state index contributed by atoms with van der Waals surface area (Å²) in [6.45, 7) is 3.66. The van der Waals surface area contributed by atoms with Crippen molar-refractivity contribution in [1.82, 2.24) is 5.32 Å².